The van der Waals surface area contributed by atoms with Crippen molar-refractivity contribution in [2.45, 2.75) is 30.5 Å². The van der Waals surface area contributed by atoms with Crippen LogP contribution in [0.25, 0.3) is 0 Å². The summed E-state index contributed by atoms with van der Waals surface area (Å²) < 4.78 is 62.6. The normalized spacial score (nSPS) is 13.6. The molecule has 0 fully saturated rings. The number of halogens is 4. The number of sulfone groups is 1. The summed E-state index contributed by atoms with van der Waals surface area (Å²) in [5, 5.41) is 9.51. The summed E-state index contributed by atoms with van der Waals surface area (Å²) in [6.45, 7) is 2.44. The fourth-order valence-electron chi connectivity index (χ4n) is 1.53. The molecule has 3 nitrogen and oxygen atoms in total. The summed E-state index contributed by atoms with van der Waals surface area (Å²) in [5.74, 6) is -0.792. The van der Waals surface area contributed by atoms with Gasteiger partial charge in [0.2, 0.25) is 0 Å². The first-order valence-electron chi connectivity index (χ1n) is 5.15. The van der Waals surface area contributed by atoms with Crippen LogP contribution in [0.4, 0.5) is 13.2 Å². The van der Waals surface area contributed by atoms with Gasteiger partial charge in [0.1, 0.15) is 0 Å². The van der Waals surface area contributed by atoms with Crippen LogP contribution in [0, 0.1) is 0 Å². The molecule has 0 aliphatic heterocycles. The molecule has 0 saturated heterocycles. The predicted molar refractivity (Wildman–Crippen MR) is 67.5 cm³/mol. The van der Waals surface area contributed by atoms with Crippen molar-refractivity contribution in [2.24, 2.45) is 0 Å². The second kappa shape index (κ2) is 5.06. The van der Waals surface area contributed by atoms with Crippen molar-refractivity contribution in [3.05, 3.63) is 28.2 Å². The van der Waals surface area contributed by atoms with E-state index in [1.54, 1.807) is 0 Å². The van der Waals surface area contributed by atoms with Gasteiger partial charge in [0.05, 0.1) is 21.8 Å². The summed E-state index contributed by atoms with van der Waals surface area (Å²) >= 11 is 2.94. The van der Waals surface area contributed by atoms with E-state index in [-0.39, 0.29) is 4.47 Å². The molecule has 19 heavy (non-hydrogen) atoms. The van der Waals surface area contributed by atoms with Gasteiger partial charge in [0.25, 0.3) is 0 Å². The van der Waals surface area contributed by atoms with Gasteiger partial charge in [-0.3, -0.25) is 0 Å². The van der Waals surface area contributed by atoms with Gasteiger partial charge in [-0.2, -0.15) is 13.2 Å². The third-order valence-corrected chi connectivity index (χ3v) is 4.71. The molecule has 0 heterocycles. The van der Waals surface area contributed by atoms with E-state index in [0.717, 1.165) is 12.1 Å². The van der Waals surface area contributed by atoms with Crippen LogP contribution in [0.2, 0.25) is 0 Å². The Balaban J connectivity index is 3.45. The lowest BCUT2D eigenvalue weighted by Gasteiger charge is -2.19. The van der Waals surface area contributed by atoms with Gasteiger partial charge >= 0.3 is 6.18 Å². The number of hydrogen-bond donors (Lipinski definition) is 1. The Morgan fingerprint density at radius 2 is 1.79 bits per heavy atom. The van der Waals surface area contributed by atoms with Crippen molar-refractivity contribution in [1.29, 1.82) is 0 Å². The fourth-order valence-corrected chi connectivity index (χ4v) is 3.95. The highest BCUT2D eigenvalue weighted by Gasteiger charge is 2.38. The molecule has 0 spiro atoms. The van der Waals surface area contributed by atoms with Crippen LogP contribution in [-0.4, -0.2) is 24.9 Å². The van der Waals surface area contributed by atoms with Gasteiger partial charge in [-0.05, 0) is 32.0 Å². The second-order valence-corrected chi connectivity index (χ2v) is 7.58. The molecule has 0 atom stereocenters. The van der Waals surface area contributed by atoms with Gasteiger partial charge in [0, 0.05) is 4.47 Å². The van der Waals surface area contributed by atoms with Gasteiger partial charge in [-0.25, -0.2) is 8.42 Å². The molecule has 1 aromatic carbocycles. The fraction of sp³-hybridized carbons (Fsp3) is 0.455. The Labute approximate surface area is 117 Å². The van der Waals surface area contributed by atoms with Gasteiger partial charge in [-0.15, -0.1) is 0 Å². The molecule has 0 saturated carbocycles. The molecule has 0 aliphatic carbocycles. The van der Waals surface area contributed by atoms with Crippen molar-refractivity contribution in [1.82, 2.24) is 0 Å². The molecule has 0 radical (unpaired) electrons. The molecule has 0 amide bonds. The number of rotatable bonds is 3. The highest BCUT2D eigenvalue weighted by atomic mass is 79.9. The van der Waals surface area contributed by atoms with Crippen molar-refractivity contribution in [3.8, 4) is 0 Å². The predicted octanol–water partition coefficient (Wildman–Crippen LogP) is 3.01. The van der Waals surface area contributed by atoms with Crippen molar-refractivity contribution >= 4 is 25.8 Å². The van der Waals surface area contributed by atoms with Crippen LogP contribution in [-0.2, 0) is 16.0 Å². The highest BCUT2D eigenvalue weighted by Crippen LogP contribution is 2.36. The average Bonchev–Trinajstić information content (AvgIpc) is 2.11. The summed E-state index contributed by atoms with van der Waals surface area (Å²) in [5.41, 5.74) is -2.86. The number of hydrogen-bond acceptors (Lipinski definition) is 3. The molecule has 1 N–H and O–H groups in total. The second-order valence-electron chi connectivity index (χ2n) is 4.71. The Bertz CT molecular complexity index is 574. The lowest BCUT2D eigenvalue weighted by atomic mass is 10.2. The Morgan fingerprint density at radius 1 is 1.26 bits per heavy atom. The Morgan fingerprint density at radius 3 is 2.21 bits per heavy atom. The van der Waals surface area contributed by atoms with E-state index in [1.165, 1.54) is 13.8 Å². The first-order chi connectivity index (χ1) is 8.33. The maximum Gasteiger partial charge on any atom is 0.417 e. The summed E-state index contributed by atoms with van der Waals surface area (Å²) in [6, 6.07) is 2.71. The maximum atomic E-state index is 12.8. The van der Waals surface area contributed by atoms with Crippen LogP contribution in [0.15, 0.2) is 27.6 Å². The zero-order chi connectivity index (χ0) is 15.1. The maximum absolute atomic E-state index is 12.8. The summed E-state index contributed by atoms with van der Waals surface area (Å²) in [4.78, 5) is -0.837. The van der Waals surface area contributed by atoms with Crippen molar-refractivity contribution in [3.63, 3.8) is 0 Å². The lowest BCUT2D eigenvalue weighted by molar-refractivity contribution is -0.139. The van der Waals surface area contributed by atoms with E-state index >= 15 is 0 Å². The van der Waals surface area contributed by atoms with Crippen LogP contribution < -0.4 is 0 Å². The molecule has 0 bridgehead atoms. The highest BCUT2D eigenvalue weighted by molar-refractivity contribution is 9.10. The largest absolute Gasteiger partial charge is 0.417 e. The third-order valence-electron chi connectivity index (χ3n) is 2.13. The van der Waals surface area contributed by atoms with E-state index in [0.29, 0.717) is 6.07 Å². The molecule has 108 valence electrons. The van der Waals surface area contributed by atoms with Gasteiger partial charge in [0.15, 0.2) is 9.84 Å². The minimum Gasteiger partial charge on any atom is -0.389 e. The van der Waals surface area contributed by atoms with Crippen molar-refractivity contribution in [2.75, 3.05) is 5.75 Å². The third kappa shape index (κ3) is 4.47. The number of benzene rings is 1. The molecular weight excluding hydrogens is 349 g/mol. The first kappa shape index (κ1) is 16.5. The molecule has 0 aromatic heterocycles. The minimum absolute atomic E-state index is 0.217. The van der Waals surface area contributed by atoms with E-state index in [1.807, 2.05) is 0 Å². The van der Waals surface area contributed by atoms with Crippen molar-refractivity contribution < 1.29 is 26.7 Å². The standard InChI is InChI=1S/C11H12BrF3O3S/c1-10(2,16)6-19(17,18)9-5-7(12)3-4-8(9)11(13,14)15/h3-5,16H,6H2,1-2H3. The topological polar surface area (TPSA) is 54.4 Å². The minimum atomic E-state index is -4.78. The number of aliphatic hydroxyl groups is 1. The van der Waals surface area contributed by atoms with Crippen LogP contribution in [0.5, 0.6) is 0 Å². The van der Waals surface area contributed by atoms with Crippen LogP contribution in [0.1, 0.15) is 19.4 Å². The van der Waals surface area contributed by atoms with E-state index in [2.05, 4.69) is 15.9 Å². The molecule has 0 unspecified atom stereocenters. The Kier molecular flexibility index (Phi) is 4.39. The van der Waals surface area contributed by atoms with Gasteiger partial charge < -0.3 is 5.11 Å². The quantitative estimate of drug-likeness (QED) is 0.901. The van der Waals surface area contributed by atoms with E-state index in [4.69, 9.17) is 0 Å². The van der Waals surface area contributed by atoms with E-state index < -0.39 is 37.8 Å². The van der Waals surface area contributed by atoms with Crippen LogP contribution in [0.3, 0.4) is 0 Å². The number of alkyl halides is 3. The average molecular weight is 361 g/mol. The Hall–Kier alpha value is -0.600. The SMILES string of the molecule is CC(C)(O)CS(=O)(=O)c1cc(Br)ccc1C(F)(F)F. The van der Waals surface area contributed by atoms with Crippen LogP contribution >= 0.6 is 15.9 Å². The molecule has 0 aliphatic rings. The zero-order valence-electron chi connectivity index (χ0n) is 10.1. The smallest absolute Gasteiger partial charge is 0.389 e. The molecule has 8 heteroatoms. The molecule has 1 aromatic rings. The molecular formula is C11H12BrF3O3S. The lowest BCUT2D eigenvalue weighted by Crippen LogP contribution is -2.31. The first-order valence-corrected chi connectivity index (χ1v) is 7.59. The van der Waals surface area contributed by atoms with E-state index in [9.17, 15) is 26.7 Å². The summed E-state index contributed by atoms with van der Waals surface area (Å²) in [6.07, 6.45) is -4.78. The molecule has 1 rings (SSSR count). The zero-order valence-corrected chi connectivity index (χ0v) is 12.5. The monoisotopic (exact) mass is 360 g/mol. The van der Waals surface area contributed by atoms with Gasteiger partial charge in [-0.1, -0.05) is 15.9 Å². The summed E-state index contributed by atoms with van der Waals surface area (Å²) in [7, 11) is -4.25.